The summed E-state index contributed by atoms with van der Waals surface area (Å²) in [7, 11) is 0. The van der Waals surface area contributed by atoms with Gasteiger partial charge in [0.15, 0.2) is 5.96 Å². The van der Waals surface area contributed by atoms with E-state index in [2.05, 4.69) is 62.1 Å². The molecule has 0 aliphatic carbocycles. The van der Waals surface area contributed by atoms with E-state index in [-0.39, 0.29) is 29.9 Å². The number of nitrogens with one attached hydrogen (secondary N) is 2. The van der Waals surface area contributed by atoms with Crippen LogP contribution >= 0.6 is 24.0 Å². The number of carbonyl (C=O) groups is 1. The van der Waals surface area contributed by atoms with Gasteiger partial charge in [-0.3, -0.25) is 14.7 Å². The van der Waals surface area contributed by atoms with E-state index in [4.69, 9.17) is 0 Å². The van der Waals surface area contributed by atoms with Crippen molar-refractivity contribution in [2.24, 2.45) is 10.9 Å². The van der Waals surface area contributed by atoms with E-state index in [1.807, 2.05) is 4.90 Å². The van der Waals surface area contributed by atoms with Crippen molar-refractivity contribution in [3.8, 4) is 0 Å². The van der Waals surface area contributed by atoms with Gasteiger partial charge < -0.3 is 15.5 Å². The zero-order valence-corrected chi connectivity index (χ0v) is 20.6. The van der Waals surface area contributed by atoms with Crippen molar-refractivity contribution in [3.05, 3.63) is 0 Å². The summed E-state index contributed by atoms with van der Waals surface area (Å²) in [6.45, 7) is 18.2. The van der Waals surface area contributed by atoms with E-state index >= 15 is 0 Å². The molecule has 1 unspecified atom stereocenters. The molecule has 0 aromatic carbocycles. The van der Waals surface area contributed by atoms with Crippen LogP contribution in [0.25, 0.3) is 0 Å². The first-order valence-corrected chi connectivity index (χ1v) is 10.4. The molecule has 0 bridgehead atoms. The highest BCUT2D eigenvalue weighted by Gasteiger charge is 2.20. The molecular formula is C20H42IN5O. The van der Waals surface area contributed by atoms with Crippen LogP contribution in [0.4, 0.5) is 0 Å². The van der Waals surface area contributed by atoms with E-state index in [1.54, 1.807) is 0 Å². The van der Waals surface area contributed by atoms with Crippen LogP contribution in [0.15, 0.2) is 4.99 Å². The highest BCUT2D eigenvalue weighted by Crippen LogP contribution is 2.15. The van der Waals surface area contributed by atoms with Crippen molar-refractivity contribution in [3.63, 3.8) is 0 Å². The number of hydrogen-bond donors (Lipinski definition) is 2. The summed E-state index contributed by atoms with van der Waals surface area (Å²) in [4.78, 5) is 21.5. The fraction of sp³-hybridized carbons (Fsp3) is 0.900. The Bertz CT molecular complexity index is 434. The van der Waals surface area contributed by atoms with Crippen LogP contribution in [-0.2, 0) is 4.79 Å². The minimum absolute atomic E-state index is 0. The third-order valence-corrected chi connectivity index (χ3v) is 4.94. The molecular weight excluding hydrogens is 453 g/mol. The second-order valence-electron chi connectivity index (χ2n) is 7.95. The number of carbonyl (C=O) groups excluding carboxylic acids is 1. The molecule has 2 N–H and O–H groups in total. The van der Waals surface area contributed by atoms with Crippen LogP contribution in [0, 0.1) is 5.92 Å². The molecule has 6 nitrogen and oxygen atoms in total. The molecule has 7 heteroatoms. The number of amides is 1. The van der Waals surface area contributed by atoms with Gasteiger partial charge in [-0.25, -0.2) is 0 Å². The fourth-order valence-electron chi connectivity index (χ4n) is 3.59. The van der Waals surface area contributed by atoms with Gasteiger partial charge in [0.1, 0.15) is 0 Å². The molecule has 160 valence electrons. The topological polar surface area (TPSA) is 60.0 Å². The average Bonchev–Trinajstić information content (AvgIpc) is 2.57. The highest BCUT2D eigenvalue weighted by atomic mass is 127. The lowest BCUT2D eigenvalue weighted by Crippen LogP contribution is -2.43. The van der Waals surface area contributed by atoms with Crippen LogP contribution in [0.2, 0.25) is 0 Å². The molecule has 0 aromatic heterocycles. The minimum Gasteiger partial charge on any atom is -0.357 e. The Morgan fingerprint density at radius 1 is 1.22 bits per heavy atom. The predicted molar refractivity (Wildman–Crippen MR) is 126 cm³/mol. The lowest BCUT2D eigenvalue weighted by molar-refractivity contribution is -0.132. The van der Waals surface area contributed by atoms with Crippen LogP contribution in [0.3, 0.4) is 0 Å². The molecule has 1 aliphatic rings. The maximum atomic E-state index is 12.4. The number of guanidine groups is 1. The summed E-state index contributed by atoms with van der Waals surface area (Å²) in [6.07, 6.45) is 2.90. The molecule has 1 heterocycles. The number of halogens is 1. The Labute approximate surface area is 183 Å². The smallest absolute Gasteiger partial charge is 0.224 e. The van der Waals surface area contributed by atoms with Gasteiger partial charge in [0, 0.05) is 51.2 Å². The lowest BCUT2D eigenvalue weighted by atomic mass is 10.00. The van der Waals surface area contributed by atoms with E-state index in [1.165, 1.54) is 6.42 Å². The number of rotatable bonds is 9. The fourth-order valence-corrected chi connectivity index (χ4v) is 3.59. The minimum atomic E-state index is 0. The maximum absolute atomic E-state index is 12.4. The summed E-state index contributed by atoms with van der Waals surface area (Å²) in [6, 6.07) is 1.04. The van der Waals surface area contributed by atoms with Crippen molar-refractivity contribution in [2.75, 3.05) is 39.3 Å². The van der Waals surface area contributed by atoms with Crippen molar-refractivity contribution in [1.29, 1.82) is 0 Å². The molecule has 1 atom stereocenters. The Kier molecular flexibility index (Phi) is 14.1. The van der Waals surface area contributed by atoms with Gasteiger partial charge in [-0.2, -0.15) is 0 Å². The van der Waals surface area contributed by atoms with Gasteiger partial charge in [0.2, 0.25) is 5.91 Å². The third-order valence-electron chi connectivity index (χ3n) is 4.94. The molecule has 1 rings (SSSR count). The molecule has 0 aromatic rings. The summed E-state index contributed by atoms with van der Waals surface area (Å²) >= 11 is 0. The Morgan fingerprint density at radius 3 is 2.44 bits per heavy atom. The van der Waals surface area contributed by atoms with Gasteiger partial charge >= 0.3 is 0 Å². The quantitative estimate of drug-likeness (QED) is 0.294. The zero-order chi connectivity index (χ0) is 19.5. The monoisotopic (exact) mass is 495 g/mol. The van der Waals surface area contributed by atoms with Crippen LogP contribution in [-0.4, -0.2) is 73.0 Å². The van der Waals surface area contributed by atoms with Crippen molar-refractivity contribution in [1.82, 2.24) is 20.4 Å². The molecule has 0 spiro atoms. The SMILES string of the molecule is CCNC(=NCCN(C(C)C)C(C)C)NCCC(=O)N1CCCC(C)C1.I. The van der Waals surface area contributed by atoms with Crippen LogP contribution in [0.5, 0.6) is 0 Å². The van der Waals surface area contributed by atoms with Gasteiger partial charge in [0.25, 0.3) is 0 Å². The molecule has 0 radical (unpaired) electrons. The average molecular weight is 495 g/mol. The number of nitrogens with zero attached hydrogens (tertiary/aromatic N) is 3. The summed E-state index contributed by atoms with van der Waals surface area (Å²) in [5, 5.41) is 6.58. The first kappa shape index (κ1) is 26.4. The van der Waals surface area contributed by atoms with E-state index in [0.29, 0.717) is 31.0 Å². The van der Waals surface area contributed by atoms with Gasteiger partial charge in [-0.05, 0) is 53.4 Å². The second-order valence-corrected chi connectivity index (χ2v) is 7.95. The van der Waals surface area contributed by atoms with E-state index in [0.717, 1.165) is 45.1 Å². The Hall–Kier alpha value is -0.570. The zero-order valence-electron chi connectivity index (χ0n) is 18.3. The van der Waals surface area contributed by atoms with Crippen LogP contribution < -0.4 is 10.6 Å². The number of aliphatic imine (C=N–C) groups is 1. The number of piperidine rings is 1. The van der Waals surface area contributed by atoms with Crippen LogP contribution in [0.1, 0.15) is 60.8 Å². The largest absolute Gasteiger partial charge is 0.357 e. The van der Waals surface area contributed by atoms with E-state index < -0.39 is 0 Å². The Balaban J connectivity index is 0.00000676. The molecule has 1 aliphatic heterocycles. The van der Waals surface area contributed by atoms with Crippen molar-refractivity contribution >= 4 is 35.8 Å². The molecule has 1 amide bonds. The molecule has 0 saturated carbocycles. The summed E-state index contributed by atoms with van der Waals surface area (Å²) in [5.41, 5.74) is 0. The van der Waals surface area contributed by atoms with Gasteiger partial charge in [-0.15, -0.1) is 24.0 Å². The standard InChI is InChI=1S/C20H41N5O.HI/c1-7-21-20(23-12-14-25(16(2)3)17(4)5)22-11-10-19(26)24-13-8-9-18(6)15-24;/h16-18H,7-15H2,1-6H3,(H2,21,22,23);1H. The third kappa shape index (κ3) is 10.5. The lowest BCUT2D eigenvalue weighted by Gasteiger charge is -2.31. The van der Waals surface area contributed by atoms with E-state index in [9.17, 15) is 4.79 Å². The highest BCUT2D eigenvalue weighted by molar-refractivity contribution is 14.0. The molecule has 1 saturated heterocycles. The Morgan fingerprint density at radius 2 is 1.89 bits per heavy atom. The van der Waals surface area contributed by atoms with Gasteiger partial charge in [0.05, 0.1) is 6.54 Å². The number of likely N-dealkylation sites (tertiary alicyclic amines) is 1. The normalized spacial score (nSPS) is 18.0. The predicted octanol–water partition coefficient (Wildman–Crippen LogP) is 2.93. The van der Waals surface area contributed by atoms with Gasteiger partial charge in [-0.1, -0.05) is 6.92 Å². The first-order chi connectivity index (χ1) is 12.3. The molecule has 1 fully saturated rings. The summed E-state index contributed by atoms with van der Waals surface area (Å²) < 4.78 is 0. The number of hydrogen-bond acceptors (Lipinski definition) is 3. The second kappa shape index (κ2) is 14.4. The summed E-state index contributed by atoms with van der Waals surface area (Å²) in [5.74, 6) is 1.69. The maximum Gasteiger partial charge on any atom is 0.224 e. The van der Waals surface area contributed by atoms with Crippen molar-refractivity contribution < 1.29 is 4.79 Å². The molecule has 27 heavy (non-hydrogen) atoms. The van der Waals surface area contributed by atoms with Crippen molar-refractivity contribution in [2.45, 2.75) is 72.9 Å². The first-order valence-electron chi connectivity index (χ1n) is 10.4.